The van der Waals surface area contributed by atoms with Crippen molar-refractivity contribution in [2.45, 2.75) is 45.8 Å². The Kier molecular flexibility index (Phi) is 7.48. The number of hydrogen-bond acceptors (Lipinski definition) is 3. The van der Waals surface area contributed by atoms with Crippen molar-refractivity contribution in [3.63, 3.8) is 0 Å². The fourth-order valence-electron chi connectivity index (χ4n) is 1.97. The summed E-state index contributed by atoms with van der Waals surface area (Å²) in [6.07, 6.45) is 0.496. The third-order valence-corrected chi connectivity index (χ3v) is 3.88. The van der Waals surface area contributed by atoms with Gasteiger partial charge in [0.05, 0.1) is 4.47 Å². The lowest BCUT2D eigenvalue weighted by Gasteiger charge is -2.24. The van der Waals surface area contributed by atoms with Gasteiger partial charge < -0.3 is 15.0 Å². The van der Waals surface area contributed by atoms with Gasteiger partial charge in [0, 0.05) is 19.6 Å². The average Bonchev–Trinajstić information content (AvgIpc) is 2.44. The van der Waals surface area contributed by atoms with Gasteiger partial charge in [-0.25, -0.2) is 9.18 Å². The Labute approximate surface area is 146 Å². The molecule has 0 saturated carbocycles. The van der Waals surface area contributed by atoms with Gasteiger partial charge in [0.15, 0.2) is 0 Å². The molecule has 1 aromatic rings. The molecule has 1 unspecified atom stereocenters. The van der Waals surface area contributed by atoms with Crippen LogP contribution in [0.5, 0.6) is 0 Å². The minimum atomic E-state index is -0.478. The van der Waals surface area contributed by atoms with Crippen LogP contribution >= 0.6 is 15.9 Å². The Morgan fingerprint density at radius 2 is 2.09 bits per heavy atom. The quantitative estimate of drug-likeness (QED) is 0.729. The number of amides is 1. The van der Waals surface area contributed by atoms with Crippen LogP contribution in [0.15, 0.2) is 22.7 Å². The maximum atomic E-state index is 13.2. The molecule has 130 valence electrons. The van der Waals surface area contributed by atoms with Gasteiger partial charge in [-0.05, 0) is 74.3 Å². The summed E-state index contributed by atoms with van der Waals surface area (Å²) < 4.78 is 19.0. The van der Waals surface area contributed by atoms with E-state index >= 15 is 0 Å². The van der Waals surface area contributed by atoms with Crippen molar-refractivity contribution in [2.75, 3.05) is 20.1 Å². The van der Waals surface area contributed by atoms with Crippen molar-refractivity contribution in [2.24, 2.45) is 0 Å². The Bertz CT molecular complexity index is 532. The lowest BCUT2D eigenvalue weighted by Crippen LogP contribution is -2.35. The summed E-state index contributed by atoms with van der Waals surface area (Å²) in [5.74, 6) is -0.264. The minimum absolute atomic E-state index is 0.110. The zero-order valence-electron chi connectivity index (χ0n) is 14.5. The second-order valence-corrected chi connectivity index (χ2v) is 7.46. The molecular formula is C17H26BrFN2O2. The van der Waals surface area contributed by atoms with E-state index in [1.807, 2.05) is 27.7 Å². The van der Waals surface area contributed by atoms with Gasteiger partial charge in [-0.1, -0.05) is 6.07 Å². The van der Waals surface area contributed by atoms with Gasteiger partial charge in [0.25, 0.3) is 0 Å². The molecule has 0 saturated heterocycles. The van der Waals surface area contributed by atoms with Crippen molar-refractivity contribution < 1.29 is 13.9 Å². The van der Waals surface area contributed by atoms with Crippen molar-refractivity contribution >= 4 is 22.0 Å². The van der Waals surface area contributed by atoms with Gasteiger partial charge in [-0.2, -0.15) is 0 Å². The van der Waals surface area contributed by atoms with Crippen LogP contribution in [0.1, 0.15) is 45.7 Å². The van der Waals surface area contributed by atoms with Crippen molar-refractivity contribution in [3.05, 3.63) is 34.1 Å². The van der Waals surface area contributed by atoms with Gasteiger partial charge in [0.1, 0.15) is 11.4 Å². The molecule has 0 spiro atoms. The molecule has 1 amide bonds. The summed E-state index contributed by atoms with van der Waals surface area (Å²) >= 11 is 3.19. The number of nitrogens with one attached hydrogen (secondary N) is 1. The van der Waals surface area contributed by atoms with Crippen LogP contribution < -0.4 is 5.32 Å². The van der Waals surface area contributed by atoms with E-state index in [-0.39, 0.29) is 18.0 Å². The molecule has 0 aliphatic rings. The third-order valence-electron chi connectivity index (χ3n) is 3.27. The second-order valence-electron chi connectivity index (χ2n) is 6.60. The van der Waals surface area contributed by atoms with E-state index < -0.39 is 5.60 Å². The molecule has 1 aromatic carbocycles. The lowest BCUT2D eigenvalue weighted by atomic mass is 10.1. The van der Waals surface area contributed by atoms with Crippen LogP contribution in [0.4, 0.5) is 9.18 Å². The molecule has 4 nitrogen and oxygen atoms in total. The Morgan fingerprint density at radius 1 is 1.43 bits per heavy atom. The molecule has 1 N–H and O–H groups in total. The van der Waals surface area contributed by atoms with Gasteiger partial charge >= 0.3 is 6.09 Å². The van der Waals surface area contributed by atoms with Gasteiger partial charge in [0.2, 0.25) is 0 Å². The largest absolute Gasteiger partial charge is 0.444 e. The molecular weight excluding hydrogens is 363 g/mol. The predicted octanol–water partition coefficient (Wildman–Crippen LogP) is 4.50. The maximum Gasteiger partial charge on any atom is 0.410 e. The number of halogens is 2. The molecule has 0 bridgehead atoms. The Balaban J connectivity index is 2.33. The van der Waals surface area contributed by atoms with Crippen molar-refractivity contribution in [3.8, 4) is 0 Å². The summed E-state index contributed by atoms with van der Waals surface area (Å²) in [5, 5.41) is 3.37. The molecule has 0 heterocycles. The van der Waals surface area contributed by atoms with Gasteiger partial charge in [-0.3, -0.25) is 0 Å². The van der Waals surface area contributed by atoms with E-state index in [0.29, 0.717) is 11.0 Å². The Morgan fingerprint density at radius 3 is 2.65 bits per heavy atom. The average molecular weight is 389 g/mol. The molecule has 23 heavy (non-hydrogen) atoms. The van der Waals surface area contributed by atoms with Crippen LogP contribution in [-0.2, 0) is 4.74 Å². The monoisotopic (exact) mass is 388 g/mol. The van der Waals surface area contributed by atoms with Crippen molar-refractivity contribution in [1.82, 2.24) is 10.2 Å². The first kappa shape index (κ1) is 19.9. The van der Waals surface area contributed by atoms with Crippen LogP contribution in [-0.4, -0.2) is 36.7 Å². The first-order chi connectivity index (χ1) is 10.6. The second kappa shape index (κ2) is 8.64. The van der Waals surface area contributed by atoms with Crippen LogP contribution in [0.2, 0.25) is 0 Å². The van der Waals surface area contributed by atoms with E-state index in [2.05, 4.69) is 21.2 Å². The van der Waals surface area contributed by atoms with Crippen molar-refractivity contribution in [1.29, 1.82) is 0 Å². The zero-order chi connectivity index (χ0) is 17.6. The first-order valence-electron chi connectivity index (χ1n) is 7.72. The molecule has 0 aromatic heterocycles. The third kappa shape index (κ3) is 7.31. The van der Waals surface area contributed by atoms with Crippen LogP contribution in [0, 0.1) is 5.82 Å². The SMILES string of the molecule is CC(NCCCN(C)C(=O)OC(C)(C)C)c1ccc(F)c(Br)c1. The molecule has 0 aliphatic heterocycles. The highest BCUT2D eigenvalue weighted by Gasteiger charge is 2.19. The summed E-state index contributed by atoms with van der Waals surface area (Å²) in [4.78, 5) is 13.4. The molecule has 1 rings (SSSR count). The highest BCUT2D eigenvalue weighted by molar-refractivity contribution is 9.10. The van der Waals surface area contributed by atoms with E-state index in [9.17, 15) is 9.18 Å². The van der Waals surface area contributed by atoms with E-state index in [1.54, 1.807) is 24.1 Å². The molecule has 0 radical (unpaired) electrons. The molecule has 0 fully saturated rings. The van der Waals surface area contributed by atoms with Crippen LogP contribution in [0.25, 0.3) is 0 Å². The molecule has 0 aliphatic carbocycles. The minimum Gasteiger partial charge on any atom is -0.444 e. The Hall–Kier alpha value is -1.14. The predicted molar refractivity (Wildman–Crippen MR) is 94.0 cm³/mol. The fourth-order valence-corrected chi connectivity index (χ4v) is 2.36. The zero-order valence-corrected chi connectivity index (χ0v) is 16.0. The standard InChI is InChI=1S/C17H26BrFN2O2/c1-12(13-7-8-15(19)14(18)11-13)20-9-6-10-21(5)16(22)23-17(2,3)4/h7-8,11-12,20H,6,9-10H2,1-5H3. The lowest BCUT2D eigenvalue weighted by molar-refractivity contribution is 0.0297. The van der Waals surface area contributed by atoms with Crippen LogP contribution in [0.3, 0.4) is 0 Å². The summed E-state index contributed by atoms with van der Waals surface area (Å²) in [5.41, 5.74) is 0.535. The number of nitrogens with zero attached hydrogens (tertiary/aromatic N) is 1. The topological polar surface area (TPSA) is 41.6 Å². The summed E-state index contributed by atoms with van der Waals surface area (Å²) in [6, 6.07) is 5.11. The first-order valence-corrected chi connectivity index (χ1v) is 8.52. The number of benzene rings is 1. The highest BCUT2D eigenvalue weighted by Crippen LogP contribution is 2.21. The molecule has 6 heteroatoms. The highest BCUT2D eigenvalue weighted by atomic mass is 79.9. The maximum absolute atomic E-state index is 13.2. The number of carbonyl (C=O) groups excluding carboxylic acids is 1. The smallest absolute Gasteiger partial charge is 0.410 e. The van der Waals surface area contributed by atoms with E-state index in [1.165, 1.54) is 6.07 Å². The number of ether oxygens (including phenoxy) is 1. The number of hydrogen-bond donors (Lipinski definition) is 1. The number of rotatable bonds is 6. The fraction of sp³-hybridized carbons (Fsp3) is 0.588. The number of carbonyl (C=O) groups is 1. The summed E-state index contributed by atoms with van der Waals surface area (Å²) in [6.45, 7) is 8.94. The summed E-state index contributed by atoms with van der Waals surface area (Å²) in [7, 11) is 1.73. The molecule has 1 atom stereocenters. The van der Waals surface area contributed by atoms with E-state index in [0.717, 1.165) is 18.5 Å². The van der Waals surface area contributed by atoms with E-state index in [4.69, 9.17) is 4.74 Å². The normalized spacial score (nSPS) is 12.8. The van der Waals surface area contributed by atoms with Gasteiger partial charge in [-0.15, -0.1) is 0 Å².